The minimum atomic E-state index is 0.125. The van der Waals surface area contributed by atoms with Gasteiger partial charge < -0.3 is 10.8 Å². The van der Waals surface area contributed by atoms with Crippen LogP contribution in [0.25, 0.3) is 0 Å². The minimum absolute atomic E-state index is 0.125. The highest BCUT2D eigenvalue weighted by molar-refractivity contribution is 4.99. The Bertz CT molecular complexity index is 167. The third-order valence-electron chi connectivity index (χ3n) is 3.21. The number of nitrogens with two attached hydrogens (primary N) is 1. The smallest absolute Gasteiger partial charge is 0.0431 e. The van der Waals surface area contributed by atoms with Gasteiger partial charge in [0, 0.05) is 25.2 Å². The summed E-state index contributed by atoms with van der Waals surface area (Å²) in [6, 6.07) is 0. The van der Waals surface area contributed by atoms with Crippen molar-refractivity contribution < 1.29 is 5.11 Å². The Morgan fingerprint density at radius 3 is 2.47 bits per heavy atom. The van der Waals surface area contributed by atoms with Gasteiger partial charge in [-0.1, -0.05) is 26.2 Å². The molecule has 1 rings (SSSR count). The third kappa shape index (κ3) is 4.49. The maximum atomic E-state index is 8.63. The van der Waals surface area contributed by atoms with Crippen LogP contribution in [-0.4, -0.2) is 41.8 Å². The molecule has 0 radical (unpaired) electrons. The van der Waals surface area contributed by atoms with Gasteiger partial charge in [0.25, 0.3) is 0 Å². The van der Waals surface area contributed by atoms with E-state index < -0.39 is 0 Å². The van der Waals surface area contributed by atoms with E-state index in [4.69, 9.17) is 10.8 Å². The molecule has 0 aromatic carbocycles. The van der Waals surface area contributed by atoms with E-state index in [-0.39, 0.29) is 5.54 Å². The highest BCUT2D eigenvalue weighted by Crippen LogP contribution is 2.23. The van der Waals surface area contributed by atoms with Gasteiger partial charge in [-0.05, 0) is 25.8 Å². The summed E-state index contributed by atoms with van der Waals surface area (Å²) >= 11 is 0. The Kier molecular flexibility index (Phi) is 5.58. The molecule has 1 fully saturated rings. The Morgan fingerprint density at radius 1 is 1.20 bits per heavy atom. The van der Waals surface area contributed by atoms with Gasteiger partial charge in [0.2, 0.25) is 0 Å². The largest absolute Gasteiger partial charge is 0.396 e. The number of aliphatic hydroxyl groups is 1. The number of likely N-dealkylation sites (tertiary alicyclic amines) is 1. The Balaban J connectivity index is 1.93. The molecule has 0 saturated carbocycles. The van der Waals surface area contributed by atoms with Gasteiger partial charge in [0.1, 0.15) is 0 Å². The van der Waals surface area contributed by atoms with Gasteiger partial charge in [-0.3, -0.25) is 4.90 Å². The molecule has 15 heavy (non-hydrogen) atoms. The molecule has 0 atom stereocenters. The van der Waals surface area contributed by atoms with E-state index in [1.165, 1.54) is 25.8 Å². The van der Waals surface area contributed by atoms with Crippen LogP contribution in [0, 0.1) is 0 Å². The van der Waals surface area contributed by atoms with Crippen molar-refractivity contribution >= 4 is 0 Å². The summed E-state index contributed by atoms with van der Waals surface area (Å²) in [4.78, 5) is 2.45. The van der Waals surface area contributed by atoms with Crippen LogP contribution >= 0.6 is 0 Å². The second-order valence-electron chi connectivity index (χ2n) is 4.96. The fourth-order valence-electron chi connectivity index (χ4n) is 2.46. The number of hydrogen-bond acceptors (Lipinski definition) is 3. The third-order valence-corrected chi connectivity index (χ3v) is 3.21. The second kappa shape index (κ2) is 6.46. The molecule has 0 spiro atoms. The van der Waals surface area contributed by atoms with Crippen LogP contribution in [0.4, 0.5) is 0 Å². The first-order chi connectivity index (χ1) is 7.20. The SMILES string of the molecule is CCCC1(N)CN(CCCCCCO)C1. The van der Waals surface area contributed by atoms with E-state index in [0.717, 1.165) is 32.4 Å². The van der Waals surface area contributed by atoms with E-state index in [1.54, 1.807) is 0 Å². The van der Waals surface area contributed by atoms with Crippen molar-refractivity contribution in [2.45, 2.75) is 51.0 Å². The van der Waals surface area contributed by atoms with E-state index in [2.05, 4.69) is 11.8 Å². The zero-order chi connectivity index (χ0) is 11.1. The molecule has 1 aliphatic heterocycles. The maximum Gasteiger partial charge on any atom is 0.0431 e. The molecule has 1 heterocycles. The molecule has 0 aromatic heterocycles. The Hall–Kier alpha value is -0.120. The predicted molar refractivity (Wildman–Crippen MR) is 63.8 cm³/mol. The van der Waals surface area contributed by atoms with Crippen molar-refractivity contribution in [1.82, 2.24) is 4.90 Å². The van der Waals surface area contributed by atoms with Gasteiger partial charge in [0.15, 0.2) is 0 Å². The van der Waals surface area contributed by atoms with Crippen LogP contribution in [0.15, 0.2) is 0 Å². The predicted octanol–water partition coefficient (Wildman–Crippen LogP) is 1.35. The van der Waals surface area contributed by atoms with Crippen LogP contribution in [0.2, 0.25) is 0 Å². The van der Waals surface area contributed by atoms with Crippen molar-refractivity contribution in [3.8, 4) is 0 Å². The highest BCUT2D eigenvalue weighted by Gasteiger charge is 2.37. The number of unbranched alkanes of at least 4 members (excludes halogenated alkanes) is 3. The van der Waals surface area contributed by atoms with Crippen molar-refractivity contribution in [3.63, 3.8) is 0 Å². The molecule has 90 valence electrons. The van der Waals surface area contributed by atoms with Crippen LogP contribution in [0.1, 0.15) is 45.4 Å². The van der Waals surface area contributed by atoms with Crippen molar-refractivity contribution in [3.05, 3.63) is 0 Å². The van der Waals surface area contributed by atoms with E-state index in [1.807, 2.05) is 0 Å². The molecule has 3 N–H and O–H groups in total. The molecule has 0 bridgehead atoms. The fourth-order valence-corrected chi connectivity index (χ4v) is 2.46. The lowest BCUT2D eigenvalue weighted by Crippen LogP contribution is -2.67. The van der Waals surface area contributed by atoms with Gasteiger partial charge in [-0.15, -0.1) is 0 Å². The van der Waals surface area contributed by atoms with Crippen LogP contribution in [-0.2, 0) is 0 Å². The molecule has 0 amide bonds. The van der Waals surface area contributed by atoms with Gasteiger partial charge in [-0.2, -0.15) is 0 Å². The van der Waals surface area contributed by atoms with E-state index in [9.17, 15) is 0 Å². The average molecular weight is 214 g/mol. The quantitative estimate of drug-likeness (QED) is 0.600. The topological polar surface area (TPSA) is 49.5 Å². The molecule has 0 aromatic rings. The lowest BCUT2D eigenvalue weighted by molar-refractivity contribution is 0.0622. The summed E-state index contributed by atoms with van der Waals surface area (Å²) in [6.45, 7) is 5.90. The summed E-state index contributed by atoms with van der Waals surface area (Å²) in [5.74, 6) is 0. The molecule has 3 nitrogen and oxygen atoms in total. The van der Waals surface area contributed by atoms with Gasteiger partial charge >= 0.3 is 0 Å². The standard InChI is InChI=1S/C12H26N2O/c1-2-7-12(13)10-14(11-12)8-5-3-4-6-9-15/h15H,2-11,13H2,1H3. The monoisotopic (exact) mass is 214 g/mol. The number of aliphatic hydroxyl groups excluding tert-OH is 1. The first kappa shape index (κ1) is 12.9. The van der Waals surface area contributed by atoms with Crippen molar-refractivity contribution in [2.75, 3.05) is 26.2 Å². The normalized spacial score (nSPS) is 20.2. The fraction of sp³-hybridized carbons (Fsp3) is 1.00. The van der Waals surface area contributed by atoms with E-state index >= 15 is 0 Å². The van der Waals surface area contributed by atoms with Crippen molar-refractivity contribution in [2.24, 2.45) is 5.73 Å². The number of rotatable bonds is 8. The molecule has 3 heteroatoms. The Morgan fingerprint density at radius 2 is 1.87 bits per heavy atom. The van der Waals surface area contributed by atoms with Crippen LogP contribution < -0.4 is 5.73 Å². The first-order valence-corrected chi connectivity index (χ1v) is 6.32. The molecule has 1 saturated heterocycles. The minimum Gasteiger partial charge on any atom is -0.396 e. The second-order valence-corrected chi connectivity index (χ2v) is 4.96. The summed E-state index contributed by atoms with van der Waals surface area (Å²) in [5.41, 5.74) is 6.31. The Labute approximate surface area is 93.6 Å². The summed E-state index contributed by atoms with van der Waals surface area (Å²) in [7, 11) is 0. The maximum absolute atomic E-state index is 8.63. The zero-order valence-corrected chi connectivity index (χ0v) is 10.0. The highest BCUT2D eigenvalue weighted by atomic mass is 16.2. The van der Waals surface area contributed by atoms with Crippen molar-refractivity contribution in [1.29, 1.82) is 0 Å². The summed E-state index contributed by atoms with van der Waals surface area (Å²) in [6.07, 6.45) is 6.96. The van der Waals surface area contributed by atoms with Crippen LogP contribution in [0.5, 0.6) is 0 Å². The van der Waals surface area contributed by atoms with Crippen LogP contribution in [0.3, 0.4) is 0 Å². The molecule has 1 aliphatic rings. The summed E-state index contributed by atoms with van der Waals surface area (Å²) in [5, 5.41) is 8.63. The summed E-state index contributed by atoms with van der Waals surface area (Å²) < 4.78 is 0. The molecule has 0 unspecified atom stereocenters. The lowest BCUT2D eigenvalue weighted by atomic mass is 9.86. The zero-order valence-electron chi connectivity index (χ0n) is 10.0. The number of hydrogen-bond donors (Lipinski definition) is 2. The lowest BCUT2D eigenvalue weighted by Gasteiger charge is -2.48. The molecular formula is C12H26N2O. The molecular weight excluding hydrogens is 188 g/mol. The first-order valence-electron chi connectivity index (χ1n) is 6.32. The van der Waals surface area contributed by atoms with Gasteiger partial charge in [-0.25, -0.2) is 0 Å². The molecule has 0 aliphatic carbocycles. The van der Waals surface area contributed by atoms with E-state index in [0.29, 0.717) is 6.61 Å². The number of nitrogens with zero attached hydrogens (tertiary/aromatic N) is 1. The van der Waals surface area contributed by atoms with Gasteiger partial charge in [0.05, 0.1) is 0 Å². The average Bonchev–Trinajstić information content (AvgIpc) is 2.15.